The summed E-state index contributed by atoms with van der Waals surface area (Å²) < 4.78 is 32.6. The lowest BCUT2D eigenvalue weighted by Gasteiger charge is -2.15. The van der Waals surface area contributed by atoms with Crippen molar-refractivity contribution in [3.8, 4) is 28.0 Å². The Morgan fingerprint density at radius 1 is 0.818 bits per heavy atom. The zero-order valence-corrected chi connectivity index (χ0v) is 18.4. The van der Waals surface area contributed by atoms with E-state index in [1.54, 1.807) is 42.5 Å². The molecule has 0 saturated carbocycles. The smallest absolute Gasteiger partial charge is 0.190 e. The highest BCUT2D eigenvalue weighted by molar-refractivity contribution is 6.32. The molecule has 4 rings (SSSR count). The van der Waals surface area contributed by atoms with E-state index in [4.69, 9.17) is 16.3 Å². The van der Waals surface area contributed by atoms with Crippen molar-refractivity contribution in [2.24, 2.45) is 0 Å². The van der Waals surface area contributed by atoms with E-state index >= 15 is 0 Å². The number of benzene rings is 4. The highest BCUT2D eigenvalue weighted by Gasteiger charge is 2.19. The van der Waals surface area contributed by atoms with Crippen molar-refractivity contribution in [3.63, 3.8) is 0 Å². The molecule has 0 amide bonds. The van der Waals surface area contributed by atoms with Crippen LogP contribution in [0.25, 0.3) is 28.3 Å². The predicted molar refractivity (Wildman–Crippen MR) is 129 cm³/mol. The number of ether oxygens (including phenoxy) is 1. The third kappa shape index (κ3) is 5.02. The molecular formula is C28H19ClF2O2. The molecule has 0 N–H and O–H groups in total. The lowest BCUT2D eigenvalue weighted by molar-refractivity contribution is 0.104. The molecule has 0 aliphatic heterocycles. The largest absolute Gasteiger partial charge is 0.496 e. The summed E-state index contributed by atoms with van der Waals surface area (Å²) in [6.07, 6.45) is 3.08. The van der Waals surface area contributed by atoms with E-state index in [1.165, 1.54) is 37.5 Å². The molecule has 0 aliphatic carbocycles. The van der Waals surface area contributed by atoms with Crippen LogP contribution in [0, 0.1) is 11.6 Å². The van der Waals surface area contributed by atoms with Gasteiger partial charge in [0.25, 0.3) is 0 Å². The van der Waals surface area contributed by atoms with Gasteiger partial charge in [-0.15, -0.1) is 0 Å². The van der Waals surface area contributed by atoms with Crippen molar-refractivity contribution in [3.05, 3.63) is 119 Å². The quantitative estimate of drug-likeness (QED) is 0.216. The van der Waals surface area contributed by atoms with Gasteiger partial charge in [-0.2, -0.15) is 0 Å². The summed E-state index contributed by atoms with van der Waals surface area (Å²) in [5.74, 6) is -0.672. The summed E-state index contributed by atoms with van der Waals surface area (Å²) in [7, 11) is 1.48. The Kier molecular flexibility index (Phi) is 6.66. The van der Waals surface area contributed by atoms with Crippen LogP contribution in [0.15, 0.2) is 91.0 Å². The van der Waals surface area contributed by atoms with Crippen LogP contribution in [0.1, 0.15) is 15.9 Å². The van der Waals surface area contributed by atoms with Gasteiger partial charge >= 0.3 is 0 Å². The molecule has 0 spiro atoms. The minimum absolute atomic E-state index is 0.295. The van der Waals surface area contributed by atoms with Gasteiger partial charge in [-0.05, 0) is 82.4 Å². The maximum Gasteiger partial charge on any atom is 0.190 e. The molecule has 4 aromatic rings. The summed E-state index contributed by atoms with van der Waals surface area (Å²) in [4.78, 5) is 13.3. The van der Waals surface area contributed by atoms with Gasteiger partial charge in [-0.1, -0.05) is 54.1 Å². The maximum absolute atomic E-state index is 13.6. The van der Waals surface area contributed by atoms with Crippen molar-refractivity contribution in [2.45, 2.75) is 0 Å². The molecule has 0 radical (unpaired) electrons. The van der Waals surface area contributed by atoms with E-state index in [2.05, 4.69) is 0 Å². The van der Waals surface area contributed by atoms with E-state index in [1.807, 2.05) is 24.3 Å². The normalized spacial score (nSPS) is 11.0. The van der Waals surface area contributed by atoms with Crippen molar-refractivity contribution < 1.29 is 18.3 Å². The van der Waals surface area contributed by atoms with Crippen LogP contribution in [0.5, 0.6) is 5.75 Å². The third-order valence-electron chi connectivity index (χ3n) is 5.22. The van der Waals surface area contributed by atoms with Gasteiger partial charge < -0.3 is 4.74 Å². The van der Waals surface area contributed by atoms with Crippen LogP contribution < -0.4 is 4.74 Å². The van der Waals surface area contributed by atoms with E-state index in [-0.39, 0.29) is 17.4 Å². The summed E-state index contributed by atoms with van der Waals surface area (Å²) >= 11 is 6.20. The highest BCUT2D eigenvalue weighted by atomic mass is 35.5. The number of rotatable bonds is 6. The van der Waals surface area contributed by atoms with Gasteiger partial charge in [-0.3, -0.25) is 4.79 Å². The molecule has 4 aromatic carbocycles. The van der Waals surface area contributed by atoms with Gasteiger partial charge in [0.1, 0.15) is 17.4 Å². The molecule has 0 atom stereocenters. The van der Waals surface area contributed by atoms with E-state index < -0.39 is 0 Å². The molecule has 0 fully saturated rings. The van der Waals surface area contributed by atoms with Crippen LogP contribution in [0.3, 0.4) is 0 Å². The number of hydrogen-bond acceptors (Lipinski definition) is 2. The second-order valence-electron chi connectivity index (χ2n) is 7.33. The fourth-order valence-electron chi connectivity index (χ4n) is 3.56. The molecule has 0 heterocycles. The summed E-state index contributed by atoms with van der Waals surface area (Å²) in [5.41, 5.74) is 3.74. The fraction of sp³-hybridized carbons (Fsp3) is 0.0357. The van der Waals surface area contributed by atoms with Crippen molar-refractivity contribution in [2.75, 3.05) is 7.11 Å². The molecule has 0 bridgehead atoms. The SMILES string of the molecule is COc1cc(-c2ccc(F)cc2)cc(-c2ccc(F)cc2)c1C(=O)C=Cc1ccccc1Cl. The van der Waals surface area contributed by atoms with Crippen LogP contribution in [0.2, 0.25) is 5.02 Å². The first kappa shape index (κ1) is 22.4. The number of halogens is 3. The molecule has 0 aliphatic rings. The van der Waals surface area contributed by atoms with Crippen molar-refractivity contribution in [1.29, 1.82) is 0 Å². The second kappa shape index (κ2) is 9.80. The number of allylic oxidation sites excluding steroid dienone is 1. The topological polar surface area (TPSA) is 26.3 Å². The Hall–Kier alpha value is -3.76. The number of hydrogen-bond donors (Lipinski definition) is 0. The average molecular weight is 461 g/mol. The Bertz CT molecular complexity index is 1330. The van der Waals surface area contributed by atoms with Gasteiger partial charge in [0.05, 0.1) is 12.7 Å². The standard InChI is InChI=1S/C28H19ClF2O2/c1-33-27-17-21(18-6-11-22(30)12-7-18)16-24(19-8-13-23(31)14-9-19)28(27)26(32)15-10-20-4-2-3-5-25(20)29/h2-17H,1H3. The van der Waals surface area contributed by atoms with Gasteiger partial charge in [0.15, 0.2) is 5.78 Å². The van der Waals surface area contributed by atoms with E-state index in [0.29, 0.717) is 33.0 Å². The first-order valence-corrected chi connectivity index (χ1v) is 10.5. The average Bonchev–Trinajstić information content (AvgIpc) is 2.83. The molecule has 0 saturated heterocycles. The monoisotopic (exact) mass is 460 g/mol. The maximum atomic E-state index is 13.6. The second-order valence-corrected chi connectivity index (χ2v) is 7.74. The number of ketones is 1. The van der Waals surface area contributed by atoms with Gasteiger partial charge in [0, 0.05) is 5.02 Å². The van der Waals surface area contributed by atoms with E-state index in [0.717, 1.165) is 11.1 Å². The van der Waals surface area contributed by atoms with Crippen LogP contribution in [-0.4, -0.2) is 12.9 Å². The fourth-order valence-corrected chi connectivity index (χ4v) is 3.75. The Labute approximate surface area is 195 Å². The molecular weight excluding hydrogens is 442 g/mol. The van der Waals surface area contributed by atoms with Gasteiger partial charge in [-0.25, -0.2) is 8.78 Å². The Morgan fingerprint density at radius 3 is 2.03 bits per heavy atom. The van der Waals surface area contributed by atoms with Crippen LogP contribution >= 0.6 is 11.6 Å². The number of carbonyl (C=O) groups excluding carboxylic acids is 1. The summed E-state index contributed by atoms with van der Waals surface area (Å²) in [6, 6.07) is 22.7. The Morgan fingerprint density at radius 2 is 1.42 bits per heavy atom. The van der Waals surface area contributed by atoms with Crippen molar-refractivity contribution in [1.82, 2.24) is 0 Å². The zero-order chi connectivity index (χ0) is 23.4. The van der Waals surface area contributed by atoms with Crippen molar-refractivity contribution >= 4 is 23.5 Å². The Balaban J connectivity index is 1.87. The minimum Gasteiger partial charge on any atom is -0.496 e. The lowest BCUT2D eigenvalue weighted by Crippen LogP contribution is -2.03. The van der Waals surface area contributed by atoms with E-state index in [9.17, 15) is 13.6 Å². The minimum atomic E-state index is -0.383. The predicted octanol–water partition coefficient (Wildman–Crippen LogP) is 7.86. The molecule has 0 aromatic heterocycles. The molecule has 33 heavy (non-hydrogen) atoms. The highest BCUT2D eigenvalue weighted by Crippen LogP contribution is 2.37. The number of methoxy groups -OCH3 is 1. The van der Waals surface area contributed by atoms with Crippen LogP contribution in [0.4, 0.5) is 8.78 Å². The summed E-state index contributed by atoms with van der Waals surface area (Å²) in [6.45, 7) is 0. The first-order chi connectivity index (χ1) is 16.0. The summed E-state index contributed by atoms with van der Waals surface area (Å²) in [5, 5.41) is 0.527. The number of carbonyl (C=O) groups is 1. The molecule has 0 unspecified atom stereocenters. The lowest BCUT2D eigenvalue weighted by atomic mass is 9.91. The zero-order valence-electron chi connectivity index (χ0n) is 17.7. The molecule has 5 heteroatoms. The third-order valence-corrected chi connectivity index (χ3v) is 5.56. The first-order valence-electron chi connectivity index (χ1n) is 10.2. The van der Waals surface area contributed by atoms with Crippen LogP contribution in [-0.2, 0) is 0 Å². The molecule has 2 nitrogen and oxygen atoms in total. The van der Waals surface area contributed by atoms with Gasteiger partial charge in [0.2, 0.25) is 0 Å². The molecule has 164 valence electrons.